The van der Waals surface area contributed by atoms with Crippen LogP contribution in [0.2, 0.25) is 0 Å². The molecular weight excluding hydrogens is 432 g/mol. The van der Waals surface area contributed by atoms with Gasteiger partial charge in [0.15, 0.2) is 11.5 Å². The quantitative estimate of drug-likeness (QED) is 0.511. The van der Waals surface area contributed by atoms with Gasteiger partial charge in [-0.1, -0.05) is 0 Å². The van der Waals surface area contributed by atoms with Crippen LogP contribution in [0.15, 0.2) is 36.8 Å². The van der Waals surface area contributed by atoms with Gasteiger partial charge in [0.2, 0.25) is 5.88 Å². The van der Waals surface area contributed by atoms with Gasteiger partial charge in [-0.3, -0.25) is 4.79 Å². The van der Waals surface area contributed by atoms with Gasteiger partial charge in [-0.2, -0.15) is 23.4 Å². The second-order valence-corrected chi connectivity index (χ2v) is 6.90. The molecule has 0 fully saturated rings. The lowest BCUT2D eigenvalue weighted by Gasteiger charge is -2.28. The molecule has 3 aromatic heterocycles. The normalized spacial score (nSPS) is 12.5. The van der Waals surface area contributed by atoms with Crippen molar-refractivity contribution in [1.29, 1.82) is 0 Å². The van der Waals surface area contributed by atoms with Gasteiger partial charge < -0.3 is 9.64 Å². The molecule has 1 atom stereocenters. The number of hydrogen-bond acceptors (Lipinski definition) is 6. The smallest absolute Gasteiger partial charge is 0.417 e. The summed E-state index contributed by atoms with van der Waals surface area (Å²) >= 11 is 0. The molecule has 0 saturated carbocycles. The first-order valence-electron chi connectivity index (χ1n) is 9.62. The number of nitrogens with zero attached hydrogens (tertiary/aromatic N) is 6. The Labute approximate surface area is 180 Å². The van der Waals surface area contributed by atoms with Crippen LogP contribution < -0.4 is 4.74 Å². The number of aryl methyl sites for hydroxylation is 1. The molecule has 170 valence electrons. The van der Waals surface area contributed by atoms with Crippen LogP contribution in [-0.4, -0.2) is 55.0 Å². The molecule has 8 nitrogen and oxygen atoms in total. The van der Waals surface area contributed by atoms with Crippen molar-refractivity contribution in [2.24, 2.45) is 0 Å². The minimum Gasteiger partial charge on any atom is -0.473 e. The highest BCUT2D eigenvalue weighted by atomic mass is 19.4. The van der Waals surface area contributed by atoms with Gasteiger partial charge in [0.05, 0.1) is 24.0 Å². The first-order valence-corrected chi connectivity index (χ1v) is 9.62. The van der Waals surface area contributed by atoms with Crippen LogP contribution in [-0.2, 0) is 6.18 Å². The molecule has 3 heterocycles. The monoisotopic (exact) mass is 452 g/mol. The van der Waals surface area contributed by atoms with E-state index in [1.807, 2.05) is 0 Å². The highest BCUT2D eigenvalue weighted by Crippen LogP contribution is 2.30. The molecule has 0 aliphatic carbocycles. The lowest BCUT2D eigenvalue weighted by atomic mass is 10.2. The van der Waals surface area contributed by atoms with Crippen LogP contribution in [0.1, 0.15) is 35.6 Å². The third-order valence-electron chi connectivity index (χ3n) is 4.58. The van der Waals surface area contributed by atoms with Gasteiger partial charge in [0, 0.05) is 18.4 Å². The molecule has 0 aromatic carbocycles. The van der Waals surface area contributed by atoms with Gasteiger partial charge in [-0.25, -0.2) is 14.4 Å². The summed E-state index contributed by atoms with van der Waals surface area (Å²) in [5.74, 6) is -2.25. The first-order chi connectivity index (χ1) is 15.1. The van der Waals surface area contributed by atoms with E-state index in [1.165, 1.54) is 22.1 Å². The summed E-state index contributed by atoms with van der Waals surface area (Å²) in [6.07, 6.45) is -1.29. The largest absolute Gasteiger partial charge is 0.473 e. The fraction of sp³-hybridized carbons (Fsp3) is 0.350. The molecule has 0 spiro atoms. The first kappa shape index (κ1) is 23.1. The molecular formula is C20H20F4N6O2. The summed E-state index contributed by atoms with van der Waals surface area (Å²) in [6.45, 7) is 5.21. The maximum Gasteiger partial charge on any atom is 0.417 e. The van der Waals surface area contributed by atoms with Crippen LogP contribution in [0, 0.1) is 12.7 Å². The number of likely N-dealkylation sites (N-methyl/N-ethyl adjacent to an activating group) is 1. The molecule has 0 N–H and O–H groups in total. The summed E-state index contributed by atoms with van der Waals surface area (Å²) in [5, 5.41) is 8.08. The van der Waals surface area contributed by atoms with E-state index < -0.39 is 35.4 Å². The van der Waals surface area contributed by atoms with Crippen molar-refractivity contribution in [3.63, 3.8) is 0 Å². The number of halogens is 4. The third-order valence-corrected chi connectivity index (χ3v) is 4.58. The van der Waals surface area contributed by atoms with E-state index in [0.29, 0.717) is 23.6 Å². The van der Waals surface area contributed by atoms with E-state index in [4.69, 9.17) is 4.74 Å². The van der Waals surface area contributed by atoms with Crippen LogP contribution >= 0.6 is 0 Å². The van der Waals surface area contributed by atoms with E-state index in [9.17, 15) is 22.4 Å². The van der Waals surface area contributed by atoms with Crippen LogP contribution in [0.3, 0.4) is 0 Å². The van der Waals surface area contributed by atoms with Gasteiger partial charge >= 0.3 is 6.18 Å². The Balaban J connectivity index is 1.78. The van der Waals surface area contributed by atoms with Gasteiger partial charge in [-0.15, -0.1) is 4.80 Å². The fourth-order valence-electron chi connectivity index (χ4n) is 2.98. The Bertz CT molecular complexity index is 1090. The maximum atomic E-state index is 14.0. The summed E-state index contributed by atoms with van der Waals surface area (Å²) in [7, 11) is 0. The minimum atomic E-state index is -4.72. The average molecular weight is 452 g/mol. The highest BCUT2D eigenvalue weighted by Gasteiger charge is 2.32. The number of ether oxygens (including phenoxy) is 1. The molecule has 32 heavy (non-hydrogen) atoms. The fourth-order valence-corrected chi connectivity index (χ4v) is 2.98. The number of amides is 1. The molecule has 3 aromatic rings. The molecule has 0 unspecified atom stereocenters. The zero-order valence-corrected chi connectivity index (χ0v) is 17.5. The van der Waals surface area contributed by atoms with E-state index >= 15 is 0 Å². The SMILES string of the molecule is CCN(C(=O)c1nc(C)ccc1-n1nccn1)[C@@H](C)COc1ncc(C(F)(F)F)cc1F. The Morgan fingerprint density at radius 2 is 1.94 bits per heavy atom. The van der Waals surface area contributed by atoms with Crippen molar-refractivity contribution >= 4 is 5.91 Å². The predicted octanol–water partition coefficient (Wildman–Crippen LogP) is 3.45. The second-order valence-electron chi connectivity index (χ2n) is 6.90. The number of rotatable bonds is 7. The lowest BCUT2D eigenvalue weighted by Crippen LogP contribution is -2.42. The molecule has 0 aliphatic heterocycles. The van der Waals surface area contributed by atoms with Crippen molar-refractivity contribution < 1.29 is 27.1 Å². The number of hydrogen-bond donors (Lipinski definition) is 0. The van der Waals surface area contributed by atoms with E-state index in [-0.39, 0.29) is 18.8 Å². The van der Waals surface area contributed by atoms with E-state index in [0.717, 1.165) is 0 Å². The number of carbonyl (C=O) groups excluding carboxylic acids is 1. The second kappa shape index (κ2) is 9.28. The summed E-state index contributed by atoms with van der Waals surface area (Å²) in [6, 6.07) is 3.14. The highest BCUT2D eigenvalue weighted by molar-refractivity contribution is 5.96. The summed E-state index contributed by atoms with van der Waals surface area (Å²) in [4.78, 5) is 23.7. The number of alkyl halides is 3. The van der Waals surface area contributed by atoms with Gasteiger partial charge in [0.25, 0.3) is 5.91 Å². The van der Waals surface area contributed by atoms with Crippen LogP contribution in [0.5, 0.6) is 5.88 Å². The van der Waals surface area contributed by atoms with Crippen LogP contribution in [0.4, 0.5) is 17.6 Å². The molecule has 0 aliphatic rings. The maximum absolute atomic E-state index is 14.0. The lowest BCUT2D eigenvalue weighted by molar-refractivity contribution is -0.138. The van der Waals surface area contributed by atoms with Gasteiger partial charge in [0.1, 0.15) is 12.3 Å². The molecule has 0 bridgehead atoms. The summed E-state index contributed by atoms with van der Waals surface area (Å²) in [5.41, 5.74) is -0.104. The zero-order chi connectivity index (χ0) is 23.5. The molecule has 0 saturated heterocycles. The summed E-state index contributed by atoms with van der Waals surface area (Å²) < 4.78 is 57.3. The van der Waals surface area contributed by atoms with Crippen molar-refractivity contribution in [1.82, 2.24) is 29.9 Å². The van der Waals surface area contributed by atoms with Crippen molar-refractivity contribution in [2.75, 3.05) is 13.2 Å². The molecule has 3 rings (SSSR count). The topological polar surface area (TPSA) is 86.0 Å². The Hall–Kier alpha value is -3.57. The third kappa shape index (κ3) is 5.01. The average Bonchev–Trinajstić information content (AvgIpc) is 3.27. The minimum absolute atomic E-state index is 0.119. The van der Waals surface area contributed by atoms with Gasteiger partial charge in [-0.05, 0) is 39.0 Å². The van der Waals surface area contributed by atoms with Crippen molar-refractivity contribution in [3.05, 3.63) is 59.6 Å². The molecule has 12 heteroatoms. The Kier molecular flexibility index (Phi) is 6.70. The standard InChI is InChI=1S/C20H20F4N6O2/c1-4-29(13(3)11-32-18-15(21)9-14(10-25-18)20(22,23)24)19(31)17-16(6-5-12(2)28-17)30-26-7-8-27-30/h5-10,13H,4,11H2,1-3H3/t13-/m0/s1. The van der Waals surface area contributed by atoms with E-state index in [2.05, 4.69) is 20.2 Å². The van der Waals surface area contributed by atoms with Crippen molar-refractivity contribution in [2.45, 2.75) is 33.0 Å². The Morgan fingerprint density at radius 3 is 2.53 bits per heavy atom. The number of carbonyl (C=O) groups is 1. The van der Waals surface area contributed by atoms with Crippen molar-refractivity contribution in [3.8, 4) is 11.6 Å². The Morgan fingerprint density at radius 1 is 1.25 bits per heavy atom. The molecule has 0 radical (unpaired) electrons. The molecule has 1 amide bonds. The predicted molar refractivity (Wildman–Crippen MR) is 105 cm³/mol. The number of pyridine rings is 2. The zero-order valence-electron chi connectivity index (χ0n) is 17.5. The van der Waals surface area contributed by atoms with Crippen LogP contribution in [0.25, 0.3) is 5.69 Å². The number of aromatic nitrogens is 5. The van der Waals surface area contributed by atoms with E-state index in [1.54, 1.807) is 32.9 Å².